The van der Waals surface area contributed by atoms with Crippen LogP contribution in [0.5, 0.6) is 5.75 Å². The first-order valence-electron chi connectivity index (χ1n) is 12.1. The van der Waals surface area contributed by atoms with Gasteiger partial charge in [-0.05, 0) is 42.7 Å². The standard InChI is InChI=1S/C25H29F3N6O2/c1-35-20-5-2-18(3-6-20)24(8-9-24)23-31-22(36-32-23)17-29-10-11-33-12-14-34(15-13-33)21-7-4-19(16-30-21)25(26,27)28/h2-7,16,29H,8-15,17H2,1H3. The van der Waals surface area contributed by atoms with Gasteiger partial charge in [-0.2, -0.15) is 18.2 Å². The predicted octanol–water partition coefficient (Wildman–Crippen LogP) is 3.48. The number of aromatic nitrogens is 3. The normalized spacial score (nSPS) is 17.8. The Bertz CT molecular complexity index is 1140. The van der Waals surface area contributed by atoms with Crippen LogP contribution in [0.1, 0.15) is 35.7 Å². The van der Waals surface area contributed by atoms with E-state index in [2.05, 4.69) is 37.5 Å². The second kappa shape index (κ2) is 10.1. The van der Waals surface area contributed by atoms with Gasteiger partial charge in [-0.15, -0.1) is 0 Å². The zero-order valence-corrected chi connectivity index (χ0v) is 20.1. The van der Waals surface area contributed by atoms with Crippen LogP contribution in [-0.4, -0.2) is 66.4 Å². The maximum Gasteiger partial charge on any atom is 0.417 e. The van der Waals surface area contributed by atoms with E-state index in [0.717, 1.165) is 75.9 Å². The van der Waals surface area contributed by atoms with Gasteiger partial charge in [0.25, 0.3) is 0 Å². The highest BCUT2D eigenvalue weighted by Crippen LogP contribution is 2.52. The minimum absolute atomic E-state index is 0.157. The van der Waals surface area contributed by atoms with Crippen LogP contribution in [0.3, 0.4) is 0 Å². The number of anilines is 1. The fourth-order valence-corrected chi connectivity index (χ4v) is 4.57. The van der Waals surface area contributed by atoms with Crippen LogP contribution in [0.4, 0.5) is 19.0 Å². The van der Waals surface area contributed by atoms with E-state index >= 15 is 0 Å². The summed E-state index contributed by atoms with van der Waals surface area (Å²) in [5, 5.41) is 7.62. The van der Waals surface area contributed by atoms with Crippen molar-refractivity contribution in [2.75, 3.05) is 51.3 Å². The van der Waals surface area contributed by atoms with Gasteiger partial charge in [-0.25, -0.2) is 4.98 Å². The fraction of sp³-hybridized carbons (Fsp3) is 0.480. The Morgan fingerprint density at radius 3 is 2.42 bits per heavy atom. The summed E-state index contributed by atoms with van der Waals surface area (Å²) in [5.74, 6) is 2.71. The van der Waals surface area contributed by atoms with Crippen molar-refractivity contribution in [3.8, 4) is 5.75 Å². The molecule has 3 aromatic rings. The van der Waals surface area contributed by atoms with Crippen LogP contribution in [0.25, 0.3) is 0 Å². The van der Waals surface area contributed by atoms with Crippen molar-refractivity contribution >= 4 is 5.82 Å². The van der Waals surface area contributed by atoms with Crippen LogP contribution < -0.4 is 15.0 Å². The molecule has 36 heavy (non-hydrogen) atoms. The predicted molar refractivity (Wildman–Crippen MR) is 127 cm³/mol. The molecule has 1 aliphatic heterocycles. The Kier molecular flexibility index (Phi) is 6.85. The number of alkyl halides is 3. The van der Waals surface area contributed by atoms with Crippen molar-refractivity contribution in [3.05, 3.63) is 65.4 Å². The van der Waals surface area contributed by atoms with Gasteiger partial charge in [0.2, 0.25) is 5.89 Å². The third-order valence-electron chi connectivity index (χ3n) is 6.94. The molecule has 5 rings (SSSR count). The summed E-state index contributed by atoms with van der Waals surface area (Å²) in [4.78, 5) is 13.0. The first-order chi connectivity index (χ1) is 17.4. The summed E-state index contributed by atoms with van der Waals surface area (Å²) in [5.41, 5.74) is 0.293. The minimum atomic E-state index is -4.37. The molecule has 0 amide bonds. The molecule has 1 saturated carbocycles. The molecule has 0 spiro atoms. The third-order valence-corrected chi connectivity index (χ3v) is 6.94. The molecule has 192 valence electrons. The van der Waals surface area contributed by atoms with Gasteiger partial charge < -0.3 is 19.5 Å². The molecule has 1 N–H and O–H groups in total. The molecule has 11 heteroatoms. The number of ether oxygens (including phenoxy) is 1. The Balaban J connectivity index is 1.05. The number of nitrogens with zero attached hydrogens (tertiary/aromatic N) is 5. The number of halogens is 3. The number of pyridine rings is 1. The van der Waals surface area contributed by atoms with Gasteiger partial charge in [0.1, 0.15) is 11.6 Å². The molecule has 1 aromatic carbocycles. The Morgan fingerprint density at radius 2 is 1.81 bits per heavy atom. The Hall–Kier alpha value is -3.18. The molecule has 0 radical (unpaired) electrons. The molecule has 1 saturated heterocycles. The average Bonchev–Trinajstić information content (AvgIpc) is 3.57. The van der Waals surface area contributed by atoms with Crippen LogP contribution in [0.15, 0.2) is 47.1 Å². The highest BCUT2D eigenvalue weighted by Gasteiger charge is 2.50. The lowest BCUT2D eigenvalue weighted by Gasteiger charge is -2.35. The van der Waals surface area contributed by atoms with Gasteiger partial charge in [-0.3, -0.25) is 4.90 Å². The van der Waals surface area contributed by atoms with Crippen molar-refractivity contribution in [2.45, 2.75) is 31.0 Å². The quantitative estimate of drug-likeness (QED) is 0.446. The van der Waals surface area contributed by atoms with Gasteiger partial charge in [-0.1, -0.05) is 17.3 Å². The number of hydrogen-bond acceptors (Lipinski definition) is 8. The first kappa shape index (κ1) is 24.5. The van der Waals surface area contributed by atoms with E-state index in [4.69, 9.17) is 9.26 Å². The zero-order chi connectivity index (χ0) is 25.2. The van der Waals surface area contributed by atoms with Gasteiger partial charge in [0.15, 0.2) is 5.82 Å². The van der Waals surface area contributed by atoms with E-state index in [9.17, 15) is 13.2 Å². The van der Waals surface area contributed by atoms with E-state index in [-0.39, 0.29) is 5.41 Å². The molecular weight excluding hydrogens is 473 g/mol. The molecule has 2 fully saturated rings. The summed E-state index contributed by atoms with van der Waals surface area (Å²) >= 11 is 0. The monoisotopic (exact) mass is 502 g/mol. The number of hydrogen-bond donors (Lipinski definition) is 1. The molecule has 8 nitrogen and oxygen atoms in total. The van der Waals surface area contributed by atoms with Gasteiger partial charge in [0, 0.05) is 45.5 Å². The molecule has 2 aromatic heterocycles. The second-order valence-corrected chi connectivity index (χ2v) is 9.23. The van der Waals surface area contributed by atoms with Crippen molar-refractivity contribution in [1.29, 1.82) is 0 Å². The number of benzene rings is 1. The summed E-state index contributed by atoms with van der Waals surface area (Å²) in [6.07, 6.45) is -1.47. The van der Waals surface area contributed by atoms with Crippen LogP contribution in [-0.2, 0) is 18.1 Å². The lowest BCUT2D eigenvalue weighted by atomic mass is 9.95. The number of piperazine rings is 1. The molecule has 3 heterocycles. The number of methoxy groups -OCH3 is 1. The summed E-state index contributed by atoms with van der Waals surface area (Å²) in [6, 6.07) is 10.6. The van der Waals surface area contributed by atoms with E-state index in [1.165, 1.54) is 11.6 Å². The van der Waals surface area contributed by atoms with Crippen molar-refractivity contribution in [2.24, 2.45) is 0 Å². The highest BCUT2D eigenvalue weighted by atomic mass is 19.4. The fourth-order valence-electron chi connectivity index (χ4n) is 4.57. The lowest BCUT2D eigenvalue weighted by molar-refractivity contribution is -0.137. The van der Waals surface area contributed by atoms with Crippen LogP contribution >= 0.6 is 0 Å². The SMILES string of the molecule is COc1ccc(C2(c3noc(CNCCN4CCN(c5ccc(C(F)(F)F)cn5)CC4)n3)CC2)cc1. The number of rotatable bonds is 9. The smallest absolute Gasteiger partial charge is 0.417 e. The van der Waals surface area contributed by atoms with E-state index < -0.39 is 11.7 Å². The van der Waals surface area contributed by atoms with Crippen LogP contribution in [0, 0.1) is 0 Å². The average molecular weight is 503 g/mol. The van der Waals surface area contributed by atoms with Crippen LogP contribution in [0.2, 0.25) is 0 Å². The molecular formula is C25H29F3N6O2. The summed E-state index contributed by atoms with van der Waals surface area (Å²) < 4.78 is 49.0. The van der Waals surface area contributed by atoms with E-state index in [1.54, 1.807) is 7.11 Å². The first-order valence-corrected chi connectivity index (χ1v) is 12.1. The zero-order valence-electron chi connectivity index (χ0n) is 20.1. The molecule has 0 unspecified atom stereocenters. The lowest BCUT2D eigenvalue weighted by Crippen LogP contribution is -2.48. The van der Waals surface area contributed by atoms with Gasteiger partial charge >= 0.3 is 6.18 Å². The second-order valence-electron chi connectivity index (χ2n) is 9.23. The Labute approximate surface area is 207 Å². The largest absolute Gasteiger partial charge is 0.497 e. The highest BCUT2D eigenvalue weighted by molar-refractivity contribution is 5.42. The Morgan fingerprint density at radius 1 is 1.06 bits per heavy atom. The van der Waals surface area contributed by atoms with Gasteiger partial charge in [0.05, 0.1) is 24.6 Å². The maximum atomic E-state index is 12.7. The number of nitrogens with one attached hydrogen (secondary N) is 1. The molecule has 1 aliphatic carbocycles. The van der Waals surface area contributed by atoms with Crippen molar-refractivity contribution in [1.82, 2.24) is 25.3 Å². The third kappa shape index (κ3) is 5.31. The summed E-state index contributed by atoms with van der Waals surface area (Å²) in [7, 11) is 1.65. The minimum Gasteiger partial charge on any atom is -0.497 e. The van der Waals surface area contributed by atoms with Crippen molar-refractivity contribution in [3.63, 3.8) is 0 Å². The topological polar surface area (TPSA) is 79.6 Å². The van der Waals surface area contributed by atoms with E-state index in [1.807, 2.05) is 17.0 Å². The molecule has 0 atom stereocenters. The van der Waals surface area contributed by atoms with E-state index in [0.29, 0.717) is 18.3 Å². The van der Waals surface area contributed by atoms with Crippen molar-refractivity contribution < 1.29 is 22.4 Å². The maximum absolute atomic E-state index is 12.7. The summed E-state index contributed by atoms with van der Waals surface area (Å²) in [6.45, 7) is 5.20. The molecule has 0 bridgehead atoms. The molecule has 2 aliphatic rings.